The van der Waals surface area contributed by atoms with Gasteiger partial charge in [0.1, 0.15) is 16.3 Å². The third-order valence-electron chi connectivity index (χ3n) is 4.02. The first kappa shape index (κ1) is 18.5. The summed E-state index contributed by atoms with van der Waals surface area (Å²) in [5.41, 5.74) is 1.60. The Morgan fingerprint density at radius 1 is 1.35 bits per heavy atom. The zero-order valence-corrected chi connectivity index (χ0v) is 15.9. The number of thiophene rings is 1. The average molecular weight is 386 g/mol. The second-order valence-electron chi connectivity index (χ2n) is 5.90. The summed E-state index contributed by atoms with van der Waals surface area (Å²) >= 11 is 2.83. The van der Waals surface area contributed by atoms with E-state index in [-0.39, 0.29) is 6.61 Å². The number of aryl methyl sites for hydroxylation is 1. The summed E-state index contributed by atoms with van der Waals surface area (Å²) in [7, 11) is 0. The molecule has 134 valence electrons. The molecule has 2 aromatic rings. The minimum Gasteiger partial charge on any atom is -0.455 e. The number of anilines is 1. The Labute approximate surface area is 160 Å². The summed E-state index contributed by atoms with van der Waals surface area (Å²) in [4.78, 5) is 26.3. The topological polar surface area (TPSA) is 79.2 Å². The van der Waals surface area contributed by atoms with Gasteiger partial charge in [-0.25, -0.2) is 0 Å². The van der Waals surface area contributed by atoms with E-state index in [2.05, 4.69) is 11.4 Å². The zero-order valence-electron chi connectivity index (χ0n) is 14.3. The van der Waals surface area contributed by atoms with Gasteiger partial charge < -0.3 is 10.1 Å². The monoisotopic (exact) mass is 386 g/mol. The molecule has 1 aliphatic carbocycles. The van der Waals surface area contributed by atoms with Crippen LogP contribution in [0.3, 0.4) is 0 Å². The number of amides is 1. The van der Waals surface area contributed by atoms with Crippen LogP contribution in [0.1, 0.15) is 29.3 Å². The third kappa shape index (κ3) is 4.26. The lowest BCUT2D eigenvalue weighted by Gasteiger charge is -2.11. The second-order valence-corrected chi connectivity index (χ2v) is 8.42. The van der Waals surface area contributed by atoms with Gasteiger partial charge in [0.15, 0.2) is 6.61 Å². The number of hydrogen-bond acceptors (Lipinski definition) is 6. The van der Waals surface area contributed by atoms with Crippen molar-refractivity contribution in [1.82, 2.24) is 0 Å². The number of nitriles is 1. The Kier molecular flexibility index (Phi) is 5.96. The summed E-state index contributed by atoms with van der Waals surface area (Å²) < 4.78 is 5.11. The molecule has 0 unspecified atom stereocenters. The molecule has 26 heavy (non-hydrogen) atoms. The van der Waals surface area contributed by atoms with Crippen molar-refractivity contribution in [3.05, 3.63) is 46.3 Å². The quantitative estimate of drug-likeness (QED) is 0.604. The van der Waals surface area contributed by atoms with E-state index in [4.69, 9.17) is 4.74 Å². The van der Waals surface area contributed by atoms with Gasteiger partial charge >= 0.3 is 5.97 Å². The normalized spacial score (nSPS) is 13.5. The van der Waals surface area contributed by atoms with Crippen molar-refractivity contribution in [2.24, 2.45) is 0 Å². The first-order valence-electron chi connectivity index (χ1n) is 8.31. The Morgan fingerprint density at radius 2 is 2.12 bits per heavy atom. The lowest BCUT2D eigenvalue weighted by molar-refractivity contribution is -0.146. The van der Waals surface area contributed by atoms with Crippen LogP contribution in [0, 0.1) is 11.3 Å². The van der Waals surface area contributed by atoms with Crippen molar-refractivity contribution in [2.75, 3.05) is 11.9 Å². The highest BCUT2D eigenvalue weighted by atomic mass is 32.2. The van der Waals surface area contributed by atoms with Crippen LogP contribution in [0.15, 0.2) is 35.2 Å². The summed E-state index contributed by atoms with van der Waals surface area (Å²) in [6.07, 6.45) is 2.89. The molecule has 1 N–H and O–H groups in total. The fraction of sp³-hybridized carbons (Fsp3) is 0.316. The molecule has 5 nitrogen and oxygen atoms in total. The molecule has 0 bridgehead atoms. The van der Waals surface area contributed by atoms with Crippen LogP contribution in [0.5, 0.6) is 0 Å². The summed E-state index contributed by atoms with van der Waals surface area (Å²) in [6.45, 7) is 1.39. The number of carbonyl (C=O) groups is 2. The Balaban J connectivity index is 1.51. The van der Waals surface area contributed by atoms with E-state index >= 15 is 0 Å². The van der Waals surface area contributed by atoms with Crippen molar-refractivity contribution in [3.8, 4) is 6.07 Å². The van der Waals surface area contributed by atoms with Gasteiger partial charge in [0.25, 0.3) is 5.91 Å². The van der Waals surface area contributed by atoms with Gasteiger partial charge in [-0.2, -0.15) is 5.26 Å². The fourth-order valence-electron chi connectivity index (χ4n) is 2.78. The second kappa shape index (κ2) is 8.39. The van der Waals surface area contributed by atoms with Crippen LogP contribution in [0.4, 0.5) is 5.00 Å². The van der Waals surface area contributed by atoms with Gasteiger partial charge in [0.05, 0.1) is 5.56 Å². The molecule has 7 heteroatoms. The SMILES string of the molecule is C[C@@H](Sc1ccccc1)C(=O)OCC(=O)Nc1sc2c(c1C#N)CCC2. The molecular formula is C19H18N2O3S2. The summed E-state index contributed by atoms with van der Waals surface area (Å²) in [6, 6.07) is 11.7. The zero-order chi connectivity index (χ0) is 18.5. The number of rotatable bonds is 6. The molecule has 1 aliphatic rings. The maximum absolute atomic E-state index is 12.1. The number of fused-ring (bicyclic) bond motifs is 1. The molecule has 0 aliphatic heterocycles. The van der Waals surface area contributed by atoms with E-state index < -0.39 is 17.1 Å². The highest BCUT2D eigenvalue weighted by molar-refractivity contribution is 8.00. The number of thioether (sulfide) groups is 1. The van der Waals surface area contributed by atoms with E-state index in [0.29, 0.717) is 10.6 Å². The molecule has 0 fully saturated rings. The number of esters is 1. The van der Waals surface area contributed by atoms with Crippen LogP contribution in [-0.2, 0) is 27.2 Å². The number of nitrogens with zero attached hydrogens (tertiary/aromatic N) is 1. The van der Waals surface area contributed by atoms with E-state index in [1.165, 1.54) is 28.0 Å². The fourth-order valence-corrected chi connectivity index (χ4v) is 4.92. The minimum absolute atomic E-state index is 0.355. The summed E-state index contributed by atoms with van der Waals surface area (Å²) in [5, 5.41) is 12.2. The molecule has 0 spiro atoms. The van der Waals surface area contributed by atoms with E-state index in [0.717, 1.165) is 29.7 Å². The average Bonchev–Trinajstić information content (AvgIpc) is 3.21. The smallest absolute Gasteiger partial charge is 0.319 e. The van der Waals surface area contributed by atoms with E-state index in [9.17, 15) is 14.9 Å². The minimum atomic E-state index is -0.441. The van der Waals surface area contributed by atoms with Crippen LogP contribution in [0.25, 0.3) is 0 Å². The van der Waals surface area contributed by atoms with Gasteiger partial charge in [0, 0.05) is 9.77 Å². The van der Waals surface area contributed by atoms with Gasteiger partial charge in [0.2, 0.25) is 0 Å². The molecule has 1 aromatic carbocycles. The molecule has 0 saturated carbocycles. The van der Waals surface area contributed by atoms with Crippen molar-refractivity contribution < 1.29 is 14.3 Å². The lowest BCUT2D eigenvalue weighted by atomic mass is 10.1. The Morgan fingerprint density at radius 3 is 2.85 bits per heavy atom. The lowest BCUT2D eigenvalue weighted by Crippen LogP contribution is -2.24. The molecule has 0 saturated heterocycles. The highest BCUT2D eigenvalue weighted by Gasteiger charge is 2.23. The van der Waals surface area contributed by atoms with Crippen LogP contribution in [0.2, 0.25) is 0 Å². The predicted molar refractivity (Wildman–Crippen MR) is 102 cm³/mol. The third-order valence-corrected chi connectivity index (χ3v) is 6.32. The molecular weight excluding hydrogens is 368 g/mol. The number of benzene rings is 1. The molecule has 3 rings (SSSR count). The van der Waals surface area contributed by atoms with Crippen molar-refractivity contribution >= 4 is 40.0 Å². The maximum Gasteiger partial charge on any atom is 0.319 e. The number of hydrogen-bond donors (Lipinski definition) is 1. The molecule has 1 amide bonds. The van der Waals surface area contributed by atoms with Gasteiger partial charge in [-0.05, 0) is 43.9 Å². The Hall–Kier alpha value is -2.30. The van der Waals surface area contributed by atoms with Crippen LogP contribution < -0.4 is 5.32 Å². The van der Waals surface area contributed by atoms with Gasteiger partial charge in [-0.1, -0.05) is 18.2 Å². The maximum atomic E-state index is 12.1. The first-order valence-corrected chi connectivity index (χ1v) is 10.0. The predicted octanol–water partition coefficient (Wildman–Crippen LogP) is 3.77. The van der Waals surface area contributed by atoms with E-state index in [1.807, 2.05) is 30.3 Å². The van der Waals surface area contributed by atoms with Crippen molar-refractivity contribution in [1.29, 1.82) is 5.26 Å². The number of ether oxygens (including phenoxy) is 1. The first-order chi connectivity index (χ1) is 12.6. The summed E-state index contributed by atoms with van der Waals surface area (Å²) in [5.74, 6) is -0.866. The standard InChI is InChI=1S/C19H18N2O3S2/c1-12(25-13-6-3-2-4-7-13)19(23)24-11-17(22)21-18-15(10-20)14-8-5-9-16(14)26-18/h2-4,6-7,12H,5,8-9,11H2,1H3,(H,21,22)/t12-/m1/s1. The molecule has 1 aromatic heterocycles. The number of nitrogens with one attached hydrogen (secondary N) is 1. The molecule has 0 radical (unpaired) electrons. The Bertz CT molecular complexity index is 856. The van der Waals surface area contributed by atoms with Crippen molar-refractivity contribution in [3.63, 3.8) is 0 Å². The van der Waals surface area contributed by atoms with Crippen molar-refractivity contribution in [2.45, 2.75) is 36.3 Å². The van der Waals surface area contributed by atoms with Crippen LogP contribution in [-0.4, -0.2) is 23.7 Å². The van der Waals surface area contributed by atoms with E-state index in [1.54, 1.807) is 6.92 Å². The number of carbonyl (C=O) groups excluding carboxylic acids is 2. The van der Waals surface area contributed by atoms with Gasteiger partial charge in [-0.3, -0.25) is 9.59 Å². The molecule has 1 atom stereocenters. The van der Waals surface area contributed by atoms with Crippen LogP contribution >= 0.6 is 23.1 Å². The van der Waals surface area contributed by atoms with Gasteiger partial charge in [-0.15, -0.1) is 23.1 Å². The highest BCUT2D eigenvalue weighted by Crippen LogP contribution is 2.38. The molecule has 1 heterocycles. The largest absolute Gasteiger partial charge is 0.455 e.